The maximum absolute atomic E-state index is 5.88. The van der Waals surface area contributed by atoms with Gasteiger partial charge in [-0.3, -0.25) is 0 Å². The Morgan fingerprint density at radius 1 is 1.50 bits per heavy atom. The molecular weight excluding hydrogens is 244 g/mol. The summed E-state index contributed by atoms with van der Waals surface area (Å²) >= 11 is 3.31. The molecule has 0 radical (unpaired) electrons. The van der Waals surface area contributed by atoms with Gasteiger partial charge in [-0.15, -0.1) is 0 Å². The third-order valence-electron chi connectivity index (χ3n) is 2.47. The molecule has 0 spiro atoms. The van der Waals surface area contributed by atoms with Crippen molar-refractivity contribution in [2.24, 2.45) is 5.73 Å². The highest BCUT2D eigenvalue weighted by Gasteiger charge is 2.28. The van der Waals surface area contributed by atoms with E-state index in [0.29, 0.717) is 6.04 Å². The first-order valence-corrected chi connectivity index (χ1v) is 5.46. The summed E-state index contributed by atoms with van der Waals surface area (Å²) in [6.07, 6.45) is 4.54. The molecule has 2 rings (SSSR count). The topological polar surface area (TPSA) is 55.0 Å². The van der Waals surface area contributed by atoms with Gasteiger partial charge >= 0.3 is 0 Å². The Hall–Kier alpha value is -0.680. The summed E-state index contributed by atoms with van der Waals surface area (Å²) in [6.45, 7) is 3.00. The van der Waals surface area contributed by atoms with Gasteiger partial charge in [0.25, 0.3) is 0 Å². The molecule has 1 aromatic heterocycles. The van der Waals surface area contributed by atoms with E-state index in [4.69, 9.17) is 5.73 Å². The van der Waals surface area contributed by atoms with Gasteiger partial charge in [-0.25, -0.2) is 9.97 Å². The lowest BCUT2D eigenvalue weighted by Gasteiger charge is -2.20. The summed E-state index contributed by atoms with van der Waals surface area (Å²) < 4.78 is 0.900. The van der Waals surface area contributed by atoms with E-state index in [0.717, 1.165) is 23.4 Å². The standard InChI is InChI=1S/C9H13BrN4/c1-6-2-8(11)5-14(6)9-12-3-7(10)4-13-9/h3-4,6,8H,2,5,11H2,1H3. The molecule has 0 aliphatic carbocycles. The van der Waals surface area contributed by atoms with E-state index in [1.807, 2.05) is 0 Å². The summed E-state index contributed by atoms with van der Waals surface area (Å²) in [4.78, 5) is 10.7. The van der Waals surface area contributed by atoms with Crippen molar-refractivity contribution in [3.63, 3.8) is 0 Å². The van der Waals surface area contributed by atoms with E-state index in [1.54, 1.807) is 12.4 Å². The summed E-state index contributed by atoms with van der Waals surface area (Å²) in [5.41, 5.74) is 5.88. The lowest BCUT2D eigenvalue weighted by molar-refractivity contribution is 0.685. The zero-order valence-electron chi connectivity index (χ0n) is 8.02. The molecule has 14 heavy (non-hydrogen) atoms. The van der Waals surface area contributed by atoms with E-state index >= 15 is 0 Å². The summed E-state index contributed by atoms with van der Waals surface area (Å²) in [6, 6.07) is 0.684. The van der Waals surface area contributed by atoms with Gasteiger partial charge < -0.3 is 10.6 Å². The molecule has 2 heterocycles. The van der Waals surface area contributed by atoms with Crippen LogP contribution in [0.15, 0.2) is 16.9 Å². The largest absolute Gasteiger partial charge is 0.337 e. The Bertz CT molecular complexity index is 313. The van der Waals surface area contributed by atoms with Crippen molar-refractivity contribution in [1.29, 1.82) is 0 Å². The normalized spacial score (nSPS) is 26.9. The third kappa shape index (κ3) is 1.88. The SMILES string of the molecule is CC1CC(N)CN1c1ncc(Br)cn1. The lowest BCUT2D eigenvalue weighted by atomic mass is 10.2. The quantitative estimate of drug-likeness (QED) is 0.820. The van der Waals surface area contributed by atoms with Gasteiger partial charge in [0, 0.05) is 31.0 Å². The van der Waals surface area contributed by atoms with Crippen LogP contribution in [0.1, 0.15) is 13.3 Å². The Morgan fingerprint density at radius 3 is 2.64 bits per heavy atom. The fourth-order valence-electron chi connectivity index (χ4n) is 1.81. The van der Waals surface area contributed by atoms with E-state index < -0.39 is 0 Å². The van der Waals surface area contributed by atoms with Crippen LogP contribution in [0.5, 0.6) is 0 Å². The predicted molar refractivity (Wildman–Crippen MR) is 59.1 cm³/mol. The van der Waals surface area contributed by atoms with Crippen molar-refractivity contribution >= 4 is 21.9 Å². The van der Waals surface area contributed by atoms with Crippen LogP contribution in [-0.4, -0.2) is 28.6 Å². The van der Waals surface area contributed by atoms with Gasteiger partial charge in [0.1, 0.15) is 0 Å². The van der Waals surface area contributed by atoms with Crippen LogP contribution in [0, 0.1) is 0 Å². The highest BCUT2D eigenvalue weighted by atomic mass is 79.9. The highest BCUT2D eigenvalue weighted by molar-refractivity contribution is 9.10. The molecule has 76 valence electrons. The molecule has 1 aliphatic rings. The smallest absolute Gasteiger partial charge is 0.225 e. The van der Waals surface area contributed by atoms with Crippen molar-refractivity contribution in [2.45, 2.75) is 25.4 Å². The molecule has 0 amide bonds. The molecule has 1 fully saturated rings. The van der Waals surface area contributed by atoms with E-state index in [2.05, 4.69) is 37.7 Å². The Labute approximate surface area is 91.7 Å². The van der Waals surface area contributed by atoms with Crippen LogP contribution in [0.3, 0.4) is 0 Å². The molecule has 1 aliphatic heterocycles. The Balaban J connectivity index is 2.19. The number of rotatable bonds is 1. The number of anilines is 1. The van der Waals surface area contributed by atoms with Crippen molar-refractivity contribution in [3.05, 3.63) is 16.9 Å². The molecule has 2 N–H and O–H groups in total. The minimum Gasteiger partial charge on any atom is -0.337 e. The zero-order valence-corrected chi connectivity index (χ0v) is 9.61. The maximum Gasteiger partial charge on any atom is 0.225 e. The number of hydrogen-bond acceptors (Lipinski definition) is 4. The fraction of sp³-hybridized carbons (Fsp3) is 0.556. The van der Waals surface area contributed by atoms with Gasteiger partial charge in [-0.2, -0.15) is 0 Å². The van der Waals surface area contributed by atoms with Crippen molar-refractivity contribution in [2.75, 3.05) is 11.4 Å². The molecule has 2 atom stereocenters. The zero-order chi connectivity index (χ0) is 10.1. The van der Waals surface area contributed by atoms with Gasteiger partial charge in [-0.05, 0) is 29.3 Å². The Kier molecular flexibility index (Phi) is 2.69. The first-order chi connectivity index (χ1) is 6.66. The van der Waals surface area contributed by atoms with Crippen LogP contribution in [0.25, 0.3) is 0 Å². The first kappa shape index (κ1) is 9.86. The molecule has 5 heteroatoms. The number of nitrogens with two attached hydrogens (primary N) is 1. The number of aromatic nitrogens is 2. The average Bonchev–Trinajstić information content (AvgIpc) is 2.47. The monoisotopic (exact) mass is 256 g/mol. The van der Waals surface area contributed by atoms with E-state index in [1.165, 1.54) is 0 Å². The van der Waals surface area contributed by atoms with Crippen molar-refractivity contribution in [3.8, 4) is 0 Å². The van der Waals surface area contributed by atoms with E-state index in [-0.39, 0.29) is 6.04 Å². The molecule has 2 unspecified atom stereocenters. The minimum atomic E-state index is 0.247. The third-order valence-corrected chi connectivity index (χ3v) is 2.88. The first-order valence-electron chi connectivity index (χ1n) is 4.66. The summed E-state index contributed by atoms with van der Waals surface area (Å²) in [5, 5.41) is 0. The minimum absolute atomic E-state index is 0.247. The van der Waals surface area contributed by atoms with Crippen LogP contribution in [0.2, 0.25) is 0 Å². The molecule has 4 nitrogen and oxygen atoms in total. The predicted octanol–water partition coefficient (Wildman–Crippen LogP) is 1.16. The summed E-state index contributed by atoms with van der Waals surface area (Å²) in [5.74, 6) is 0.772. The van der Waals surface area contributed by atoms with Crippen LogP contribution < -0.4 is 10.6 Å². The molecule has 0 aromatic carbocycles. The van der Waals surface area contributed by atoms with Crippen LogP contribution >= 0.6 is 15.9 Å². The molecule has 1 aromatic rings. The second-order valence-electron chi connectivity index (χ2n) is 3.70. The van der Waals surface area contributed by atoms with Crippen LogP contribution in [0.4, 0.5) is 5.95 Å². The molecular formula is C9H13BrN4. The van der Waals surface area contributed by atoms with Gasteiger partial charge in [0.15, 0.2) is 0 Å². The number of hydrogen-bond donors (Lipinski definition) is 1. The number of nitrogens with zero attached hydrogens (tertiary/aromatic N) is 3. The van der Waals surface area contributed by atoms with Gasteiger partial charge in [0.05, 0.1) is 4.47 Å². The Morgan fingerprint density at radius 2 is 2.14 bits per heavy atom. The molecule has 0 bridgehead atoms. The highest BCUT2D eigenvalue weighted by Crippen LogP contribution is 2.21. The second kappa shape index (κ2) is 3.82. The molecule has 1 saturated heterocycles. The van der Waals surface area contributed by atoms with Gasteiger partial charge in [-0.1, -0.05) is 0 Å². The fourth-order valence-corrected chi connectivity index (χ4v) is 2.01. The average molecular weight is 257 g/mol. The second-order valence-corrected chi connectivity index (χ2v) is 4.61. The maximum atomic E-state index is 5.88. The lowest BCUT2D eigenvalue weighted by Crippen LogP contribution is -2.30. The molecule has 0 saturated carbocycles. The van der Waals surface area contributed by atoms with Crippen LogP contribution in [-0.2, 0) is 0 Å². The van der Waals surface area contributed by atoms with E-state index in [9.17, 15) is 0 Å². The van der Waals surface area contributed by atoms with Crippen molar-refractivity contribution < 1.29 is 0 Å². The summed E-state index contributed by atoms with van der Waals surface area (Å²) in [7, 11) is 0. The van der Waals surface area contributed by atoms with Crippen molar-refractivity contribution in [1.82, 2.24) is 9.97 Å². The number of halogens is 1. The van der Waals surface area contributed by atoms with Gasteiger partial charge in [0.2, 0.25) is 5.95 Å².